The first-order valence-corrected chi connectivity index (χ1v) is 7.80. The number of benzene rings is 2. The molecule has 1 N–H and O–H groups in total. The van der Waals surface area contributed by atoms with Crippen LogP contribution in [0.3, 0.4) is 0 Å². The molecule has 22 heavy (non-hydrogen) atoms. The van der Waals surface area contributed by atoms with E-state index in [2.05, 4.69) is 40.3 Å². The summed E-state index contributed by atoms with van der Waals surface area (Å²) in [6.07, 6.45) is 4.15. The van der Waals surface area contributed by atoms with Crippen LogP contribution < -0.4 is 0 Å². The van der Waals surface area contributed by atoms with Gasteiger partial charge in [-0.2, -0.15) is 0 Å². The van der Waals surface area contributed by atoms with Gasteiger partial charge in [-0.15, -0.1) is 0 Å². The van der Waals surface area contributed by atoms with E-state index < -0.39 is 0 Å². The molecule has 3 heteroatoms. The molecule has 1 atom stereocenters. The molecule has 1 amide bonds. The first kappa shape index (κ1) is 12.0. The molecule has 3 nitrogen and oxygen atoms in total. The minimum Gasteiger partial charge on any atom is -0.361 e. The Morgan fingerprint density at radius 3 is 2.77 bits per heavy atom. The van der Waals surface area contributed by atoms with Crippen LogP contribution in [0.25, 0.3) is 10.9 Å². The van der Waals surface area contributed by atoms with Crippen LogP contribution in [0, 0.1) is 0 Å². The number of aromatic amines is 1. The highest BCUT2D eigenvalue weighted by molar-refractivity contribution is 6.02. The third kappa shape index (κ3) is 1.25. The molecule has 0 spiro atoms. The summed E-state index contributed by atoms with van der Waals surface area (Å²) < 4.78 is 0. The molecule has 5 rings (SSSR count). The van der Waals surface area contributed by atoms with Gasteiger partial charge in [0.2, 0.25) is 0 Å². The summed E-state index contributed by atoms with van der Waals surface area (Å²) in [5, 5.41) is 1.22. The van der Waals surface area contributed by atoms with Crippen LogP contribution >= 0.6 is 0 Å². The molecule has 3 aromatic rings. The van der Waals surface area contributed by atoms with E-state index in [9.17, 15) is 4.79 Å². The average molecular weight is 288 g/mol. The number of H-pyrrole nitrogens is 1. The van der Waals surface area contributed by atoms with Gasteiger partial charge in [0, 0.05) is 34.8 Å². The molecule has 108 valence electrons. The fourth-order valence-electron chi connectivity index (χ4n) is 4.39. The van der Waals surface area contributed by atoms with Gasteiger partial charge in [0.1, 0.15) is 0 Å². The molecule has 2 aromatic carbocycles. The van der Waals surface area contributed by atoms with E-state index in [4.69, 9.17) is 0 Å². The van der Waals surface area contributed by atoms with Crippen LogP contribution in [0.2, 0.25) is 0 Å². The van der Waals surface area contributed by atoms with Crippen LogP contribution in [0.4, 0.5) is 0 Å². The molecule has 1 aromatic heterocycles. The quantitative estimate of drug-likeness (QED) is 0.729. The summed E-state index contributed by atoms with van der Waals surface area (Å²) in [7, 11) is 0. The van der Waals surface area contributed by atoms with Crippen molar-refractivity contribution in [3.63, 3.8) is 0 Å². The first-order valence-electron chi connectivity index (χ1n) is 7.80. The Labute approximate surface area is 128 Å². The number of para-hydroxylation sites is 1. The maximum absolute atomic E-state index is 12.8. The number of nitrogens with one attached hydrogen (secondary N) is 1. The smallest absolute Gasteiger partial charge is 0.255 e. The minimum atomic E-state index is -0.284. The van der Waals surface area contributed by atoms with Crippen LogP contribution in [-0.2, 0) is 5.54 Å². The van der Waals surface area contributed by atoms with Crippen molar-refractivity contribution in [2.24, 2.45) is 0 Å². The van der Waals surface area contributed by atoms with Crippen molar-refractivity contribution in [2.75, 3.05) is 6.54 Å². The molecule has 1 unspecified atom stereocenters. The lowest BCUT2D eigenvalue weighted by Crippen LogP contribution is -2.39. The Morgan fingerprint density at radius 2 is 1.82 bits per heavy atom. The first-order chi connectivity index (χ1) is 10.8. The van der Waals surface area contributed by atoms with Crippen LogP contribution in [-0.4, -0.2) is 22.3 Å². The zero-order valence-electron chi connectivity index (χ0n) is 12.2. The van der Waals surface area contributed by atoms with Gasteiger partial charge in [-0.05, 0) is 30.5 Å². The molecule has 3 heterocycles. The number of hydrogen-bond acceptors (Lipinski definition) is 1. The topological polar surface area (TPSA) is 36.1 Å². The standard InChI is InChI=1S/C19H16N2O/c22-18-14-7-1-3-8-15(14)19(10-5-11-21(18)19)16-12-20-17-9-4-2-6-13(16)17/h1-4,6-9,12,20H,5,10-11H2. The van der Waals surface area contributed by atoms with Crippen LogP contribution in [0.15, 0.2) is 54.7 Å². The maximum atomic E-state index is 12.8. The molecule has 0 aliphatic carbocycles. The predicted octanol–water partition coefficient (Wildman–Crippen LogP) is 3.66. The molecular weight excluding hydrogens is 272 g/mol. The summed E-state index contributed by atoms with van der Waals surface area (Å²) in [6, 6.07) is 16.5. The highest BCUT2D eigenvalue weighted by Gasteiger charge is 2.53. The van der Waals surface area contributed by atoms with Crippen LogP contribution in [0.5, 0.6) is 0 Å². The second kappa shape index (κ2) is 4.01. The summed E-state index contributed by atoms with van der Waals surface area (Å²) in [5.41, 5.74) is 4.12. The lowest BCUT2D eigenvalue weighted by atomic mass is 9.81. The average Bonchev–Trinajstić information content (AvgIpc) is 3.23. The summed E-state index contributed by atoms with van der Waals surface area (Å²) in [6.45, 7) is 0.840. The Bertz CT molecular complexity index is 910. The largest absolute Gasteiger partial charge is 0.361 e. The fourth-order valence-corrected chi connectivity index (χ4v) is 4.39. The van der Waals surface area contributed by atoms with Gasteiger partial charge in [0.05, 0.1) is 5.54 Å². The number of hydrogen-bond donors (Lipinski definition) is 1. The van der Waals surface area contributed by atoms with Gasteiger partial charge in [-0.3, -0.25) is 4.79 Å². The maximum Gasteiger partial charge on any atom is 0.255 e. The highest BCUT2D eigenvalue weighted by Crippen LogP contribution is 2.52. The molecule has 0 radical (unpaired) electrons. The monoisotopic (exact) mass is 288 g/mol. The van der Waals surface area contributed by atoms with Crippen molar-refractivity contribution in [2.45, 2.75) is 18.4 Å². The lowest BCUT2D eigenvalue weighted by molar-refractivity contribution is 0.0713. The molecule has 2 aliphatic rings. The van der Waals surface area contributed by atoms with E-state index >= 15 is 0 Å². The van der Waals surface area contributed by atoms with Crippen molar-refractivity contribution in [3.8, 4) is 0 Å². The van der Waals surface area contributed by atoms with Crippen LogP contribution in [0.1, 0.15) is 34.3 Å². The second-order valence-electron chi connectivity index (χ2n) is 6.21. The van der Waals surface area contributed by atoms with Gasteiger partial charge < -0.3 is 9.88 Å². The van der Waals surface area contributed by atoms with Gasteiger partial charge in [0.15, 0.2) is 0 Å². The number of carbonyl (C=O) groups excluding carboxylic acids is 1. The molecule has 2 aliphatic heterocycles. The number of rotatable bonds is 1. The Kier molecular flexibility index (Phi) is 2.19. The Balaban J connectivity index is 1.87. The van der Waals surface area contributed by atoms with Gasteiger partial charge in [0.25, 0.3) is 5.91 Å². The van der Waals surface area contributed by atoms with Crippen molar-refractivity contribution in [1.82, 2.24) is 9.88 Å². The lowest BCUT2D eigenvalue weighted by Gasteiger charge is -2.33. The third-order valence-electron chi connectivity index (χ3n) is 5.26. The van der Waals surface area contributed by atoms with E-state index in [1.54, 1.807) is 0 Å². The number of fused-ring (bicyclic) bond motifs is 4. The molecule has 0 bridgehead atoms. The Morgan fingerprint density at radius 1 is 1.00 bits per heavy atom. The zero-order chi connectivity index (χ0) is 14.7. The summed E-state index contributed by atoms with van der Waals surface area (Å²) in [5.74, 6) is 0.179. The predicted molar refractivity (Wildman–Crippen MR) is 85.8 cm³/mol. The summed E-state index contributed by atoms with van der Waals surface area (Å²) >= 11 is 0. The SMILES string of the molecule is O=C1c2ccccc2C2(c3c[nH]c4ccccc34)CCCN12. The highest BCUT2D eigenvalue weighted by atomic mass is 16.2. The Hall–Kier alpha value is -2.55. The second-order valence-corrected chi connectivity index (χ2v) is 6.21. The number of amides is 1. The van der Waals surface area contributed by atoms with E-state index in [0.717, 1.165) is 30.5 Å². The molecule has 1 fully saturated rings. The van der Waals surface area contributed by atoms with Gasteiger partial charge in [-0.25, -0.2) is 0 Å². The third-order valence-corrected chi connectivity index (χ3v) is 5.26. The zero-order valence-corrected chi connectivity index (χ0v) is 12.2. The number of aromatic nitrogens is 1. The molecular formula is C19H16N2O. The normalized spacial score (nSPS) is 23.1. The summed E-state index contributed by atoms with van der Waals surface area (Å²) in [4.78, 5) is 18.3. The van der Waals surface area contributed by atoms with E-state index in [1.807, 2.05) is 24.3 Å². The minimum absolute atomic E-state index is 0.179. The van der Waals surface area contributed by atoms with Gasteiger partial charge in [-0.1, -0.05) is 36.4 Å². The van der Waals surface area contributed by atoms with Crippen molar-refractivity contribution in [3.05, 3.63) is 71.4 Å². The van der Waals surface area contributed by atoms with Crippen molar-refractivity contribution < 1.29 is 4.79 Å². The number of carbonyl (C=O) groups is 1. The van der Waals surface area contributed by atoms with Crippen molar-refractivity contribution in [1.29, 1.82) is 0 Å². The number of nitrogens with zero attached hydrogens (tertiary/aromatic N) is 1. The van der Waals surface area contributed by atoms with E-state index in [-0.39, 0.29) is 11.4 Å². The van der Waals surface area contributed by atoms with E-state index in [1.165, 1.54) is 16.5 Å². The fraction of sp³-hybridized carbons (Fsp3) is 0.211. The van der Waals surface area contributed by atoms with Crippen molar-refractivity contribution >= 4 is 16.8 Å². The van der Waals surface area contributed by atoms with E-state index in [0.29, 0.717) is 0 Å². The molecule has 0 saturated carbocycles. The van der Waals surface area contributed by atoms with Gasteiger partial charge >= 0.3 is 0 Å². The molecule has 1 saturated heterocycles.